The van der Waals surface area contributed by atoms with Crippen molar-refractivity contribution in [3.8, 4) is 0 Å². The van der Waals surface area contributed by atoms with Crippen LogP contribution in [0.5, 0.6) is 0 Å². The number of carboxylic acid groups (broad SMARTS) is 2. The maximum atomic E-state index is 13.1. The number of aliphatic hydroxyl groups is 5. The van der Waals surface area contributed by atoms with Gasteiger partial charge in [-0.3, -0.25) is 46.5 Å². The molecular weight excluding hydrogens is 1090 g/mol. The Morgan fingerprint density at radius 1 is 0.542 bits per heavy atom. The highest BCUT2D eigenvalue weighted by molar-refractivity contribution is 7.90. The summed E-state index contributed by atoms with van der Waals surface area (Å²) in [5, 5.41) is 140. The Morgan fingerprint density at radius 2 is 0.931 bits per heavy atom. The number of carbonyl (C=O) groups excluding carboxylic acids is 4. The Kier molecular flexibility index (Phi) is 27.6. The summed E-state index contributed by atoms with van der Waals surface area (Å²) in [5.74, 6) is -6.17. The quantitative estimate of drug-likeness (QED) is 0.0111. The maximum absolute atomic E-state index is 13.1. The fraction of sp³-hybridized carbons (Fsp3) is 0.806. The van der Waals surface area contributed by atoms with Crippen molar-refractivity contribution < 1.29 is 168 Å². The molecule has 0 aromatic rings. The number of carboxylic acids is 2. The van der Waals surface area contributed by atoms with E-state index in [1.807, 2.05) is 0 Å². The number of aliphatic carboxylic acids is 2. The van der Waals surface area contributed by atoms with Gasteiger partial charge >= 0.3 is 0 Å². The number of ether oxygens (including phenoxy) is 8. The van der Waals surface area contributed by atoms with Crippen LogP contribution in [0.1, 0.15) is 13.8 Å². The van der Waals surface area contributed by atoms with Crippen molar-refractivity contribution in [1.82, 2.24) is 10.6 Å². The van der Waals surface area contributed by atoms with Gasteiger partial charge in [0, 0.05) is 13.8 Å². The van der Waals surface area contributed by atoms with Crippen molar-refractivity contribution >= 4 is 73.0 Å². The van der Waals surface area contributed by atoms with Gasteiger partial charge in [0.05, 0.1) is 31.8 Å². The molecule has 4 rings (SSSR count). The van der Waals surface area contributed by atoms with E-state index in [1.165, 1.54) is 6.08 Å². The number of amides is 2. The van der Waals surface area contributed by atoms with Crippen LogP contribution in [0.2, 0.25) is 0 Å². The molecule has 4 heterocycles. The Bertz CT molecular complexity index is 1670. The van der Waals surface area contributed by atoms with Gasteiger partial charge in [0.2, 0.25) is 11.8 Å². The normalized spacial score (nSPS) is 37.2. The van der Waals surface area contributed by atoms with Gasteiger partial charge in [0.15, 0.2) is 86.7 Å². The van der Waals surface area contributed by atoms with Crippen LogP contribution in [-0.2, 0) is 111 Å². The van der Waals surface area contributed by atoms with Crippen LogP contribution < -0.4 is 41.9 Å². The molecule has 0 saturated carbocycles. The zero-order valence-corrected chi connectivity index (χ0v) is 39.3. The summed E-state index contributed by atoms with van der Waals surface area (Å²) in [7, 11) is 0. The van der Waals surface area contributed by atoms with Crippen molar-refractivity contribution in [2.75, 3.05) is 19.8 Å². The first-order valence-corrected chi connectivity index (χ1v) is 22.4. The number of hydrogen-bond donors (Lipinski definition) is 7. The van der Waals surface area contributed by atoms with E-state index in [4.69, 9.17) is 54.6 Å². The minimum atomic E-state index is -2.59. The molecule has 0 aromatic heterocycles. The van der Waals surface area contributed by atoms with Crippen molar-refractivity contribution in [2.24, 2.45) is 0 Å². The van der Waals surface area contributed by atoms with Gasteiger partial charge in [-0.2, -0.15) is 0 Å². The predicted octanol–water partition coefficient (Wildman–Crippen LogP) is -11.5. The van der Waals surface area contributed by atoms with E-state index in [1.54, 1.807) is 0 Å². The summed E-state index contributed by atoms with van der Waals surface area (Å²) >= 11 is -1.26. The van der Waals surface area contributed by atoms with Crippen LogP contribution >= 0.6 is 49.3 Å². The molecule has 4 aliphatic heterocycles. The molecule has 20 atom stereocenters. The molecule has 0 aliphatic carbocycles. The highest BCUT2D eigenvalue weighted by Crippen LogP contribution is 2.40. The van der Waals surface area contributed by atoms with Gasteiger partial charge in [-0.05, 0) is 0 Å². The minimum Gasteiger partial charge on any atom is -0.691 e. The second kappa shape index (κ2) is 31.8. The largest absolute Gasteiger partial charge is 0.691 e. The van der Waals surface area contributed by atoms with Crippen LogP contribution in [0.15, 0.2) is 12.7 Å². The Hall–Kier alpha value is -2.14. The maximum Gasteiger partial charge on any atom is 0.217 e. The second-order valence-corrected chi connectivity index (χ2v) is 16.2. The van der Waals surface area contributed by atoms with E-state index >= 15 is 0 Å². The van der Waals surface area contributed by atoms with Gasteiger partial charge in [-0.15, -0.1) is 23.9 Å². The van der Waals surface area contributed by atoms with E-state index in [2.05, 4.69) is 54.7 Å². The molecule has 0 radical (unpaired) electrons. The first kappa shape index (κ1) is 62.4. The lowest BCUT2D eigenvalue weighted by molar-refractivity contribution is -0.778. The van der Waals surface area contributed by atoms with Crippen LogP contribution in [-0.4, -0.2) is 192 Å². The average Bonchev–Trinajstić information content (AvgIpc) is 3.33. The molecule has 4 aliphatic rings. The molecule has 7 N–H and O–H groups in total. The van der Waals surface area contributed by atoms with Crippen LogP contribution in [0.3, 0.4) is 0 Å². The van der Waals surface area contributed by atoms with E-state index in [-0.39, 0.29) is 55.9 Å². The summed E-state index contributed by atoms with van der Waals surface area (Å²) in [6.07, 6.45) is -37.1. The summed E-state index contributed by atoms with van der Waals surface area (Å²) in [5.41, 5.74) is 0. The summed E-state index contributed by atoms with van der Waals surface area (Å²) in [6, 6.07) is -3.60. The molecule has 416 valence electrons. The van der Waals surface area contributed by atoms with E-state index in [0.717, 1.165) is 13.8 Å². The highest BCUT2D eigenvalue weighted by atomic mass is 32.2. The van der Waals surface area contributed by atoms with E-state index in [0.29, 0.717) is 0 Å². The topological polar surface area (TPSA) is 516 Å². The first-order valence-electron chi connectivity index (χ1n) is 19.7. The minimum absolute atomic E-state index is 0.250. The molecule has 0 bridgehead atoms. The Balaban J connectivity index is 1.83. The Morgan fingerprint density at radius 3 is 1.35 bits per heavy atom. The van der Waals surface area contributed by atoms with Gasteiger partial charge in [0.1, 0.15) is 85.3 Å². The third kappa shape index (κ3) is 16.9. The standard InChI is InChI=1S/C31H48N2O35S4/c1-4-5-49-28-12(32-8(2)36)17(14(38)10(6-34)50-28)52-31-25(60-72-68-64-48)22(58-70-66-62-46)21(23(56-31)27(43)44)55-29-13(33-9(3)37)18(15(39)11(7-35)51-29)53-30-24(59-71-67-63-47)19(57-69-65-61-45)16(40)20(54-30)26(41)42/h4,10-25,28-31,34-35,38-40,45-48H,1,5-7H2,2-3H3,(H,32,36)(H,33,37)(H,41,42)(H,43,44)/p-6/t10?,11?,12?,13?,14-,15-,16+,17+,18+,19-,20?,21+,22-,23?,24?,25?,28+,29-,30+,31+/m0/s1. The monoisotopic (exact) mass is 1130 g/mol. The molecule has 2 amide bonds. The van der Waals surface area contributed by atoms with Gasteiger partial charge < -0.3 is 115 Å². The molecule has 4 saturated heterocycles. The summed E-state index contributed by atoms with van der Waals surface area (Å²) in [4.78, 5) is 50.5. The molecule has 37 nitrogen and oxygen atoms in total. The third-order valence-corrected chi connectivity index (χ3v) is 11.6. The van der Waals surface area contributed by atoms with E-state index in [9.17, 15) is 76.0 Å². The van der Waals surface area contributed by atoms with Crippen LogP contribution in [0, 0.1) is 0 Å². The SMILES string of the molecule is C=CCO[C@@H]1OC(CO)[C@H](O)[C@H](O[C@@H]2OC(C(=O)[O-])[C@H](O[C@@H]3OC(CO)[C@H](O)[C@H](O[C@@H]4OC(C(=O)[O-])[C@H](O)[C@H](OSOO[O-])C4OSOO[O-])C3NC(C)=O)[C@H](OSOO[O-])C2OSOO[O-])C1NC(C)=O. The second-order valence-electron chi connectivity index (χ2n) is 14.3. The molecule has 72 heavy (non-hydrogen) atoms. The third-order valence-electron chi connectivity index (χ3n) is 10.0. The molecule has 0 aromatic carbocycles. The average molecular weight is 1130 g/mol. The van der Waals surface area contributed by atoms with Crippen molar-refractivity contribution in [3.63, 3.8) is 0 Å². The molecule has 0 spiro atoms. The smallest absolute Gasteiger partial charge is 0.217 e. The zero-order valence-electron chi connectivity index (χ0n) is 36.1. The molecular formula is C31H42N2O35S4-6. The highest BCUT2D eigenvalue weighted by Gasteiger charge is 2.59. The lowest BCUT2D eigenvalue weighted by atomic mass is 9.94. The summed E-state index contributed by atoms with van der Waals surface area (Å²) < 4.78 is 83.8. The predicted molar refractivity (Wildman–Crippen MR) is 201 cm³/mol. The number of nitrogens with one attached hydrogen (secondary N) is 2. The fourth-order valence-electron chi connectivity index (χ4n) is 7.22. The number of rotatable bonds is 31. The molecule has 4 fully saturated rings. The fourth-order valence-corrected chi connectivity index (χ4v) is 8.65. The summed E-state index contributed by atoms with van der Waals surface area (Å²) in [6.45, 7) is 3.07. The van der Waals surface area contributed by atoms with Crippen molar-refractivity contribution in [1.29, 1.82) is 0 Å². The number of hydrogen-bond acceptors (Lipinski definition) is 39. The van der Waals surface area contributed by atoms with Gasteiger partial charge in [0.25, 0.3) is 0 Å². The number of carbonyl (C=O) groups is 4. The van der Waals surface area contributed by atoms with Gasteiger partial charge in [-0.25, -0.2) is 0 Å². The molecule has 8 unspecified atom stereocenters. The van der Waals surface area contributed by atoms with Gasteiger partial charge in [-0.1, -0.05) is 6.08 Å². The lowest BCUT2D eigenvalue weighted by Gasteiger charge is -2.51. The zero-order chi connectivity index (χ0) is 53.1. The first-order chi connectivity index (χ1) is 34.5. The number of aliphatic hydroxyl groups excluding tert-OH is 5. The van der Waals surface area contributed by atoms with Crippen molar-refractivity contribution in [3.05, 3.63) is 12.7 Å². The van der Waals surface area contributed by atoms with E-state index < -0.39 is 160 Å². The van der Waals surface area contributed by atoms with Crippen LogP contribution in [0.25, 0.3) is 0 Å². The lowest BCUT2D eigenvalue weighted by Crippen LogP contribution is -2.71. The molecule has 41 heteroatoms. The van der Waals surface area contributed by atoms with Crippen molar-refractivity contribution in [2.45, 2.75) is 137 Å². The Labute approximate surface area is 419 Å². The van der Waals surface area contributed by atoms with Crippen LogP contribution in [0.4, 0.5) is 0 Å².